The number of nitrogen functional groups attached to an aromatic ring is 1. The maximum atomic E-state index is 12.2. The Morgan fingerprint density at radius 2 is 2.00 bits per heavy atom. The van der Waals surface area contributed by atoms with Crippen LogP contribution in [-0.2, 0) is 0 Å². The van der Waals surface area contributed by atoms with Crippen molar-refractivity contribution in [1.82, 2.24) is 14.9 Å². The summed E-state index contributed by atoms with van der Waals surface area (Å²) >= 11 is 0. The highest BCUT2D eigenvalue weighted by molar-refractivity contribution is 5.97. The first-order valence-corrected chi connectivity index (χ1v) is 5.66. The monoisotopic (exact) mass is 258 g/mol. The number of hydrogen-bond donors (Lipinski definition) is 1. The van der Waals surface area contributed by atoms with Crippen molar-refractivity contribution in [2.45, 2.75) is 19.8 Å². The average Bonchev–Trinajstić information content (AvgIpc) is 2.38. The smallest absolute Gasteiger partial charge is 0.276 e. The molecule has 0 atom stereocenters. The van der Waals surface area contributed by atoms with Crippen LogP contribution in [0.2, 0.25) is 0 Å². The molecular weight excluding hydrogens is 244 g/mol. The third kappa shape index (κ3) is 3.39. The minimum atomic E-state index is -0.537. The first kappa shape index (κ1) is 14.4. The van der Waals surface area contributed by atoms with Gasteiger partial charge in [0.1, 0.15) is 18.9 Å². The van der Waals surface area contributed by atoms with Crippen molar-refractivity contribution in [2.75, 3.05) is 18.8 Å². The van der Waals surface area contributed by atoms with Gasteiger partial charge in [0.05, 0.1) is 24.0 Å². The largest absolute Gasteiger partial charge is 0.396 e. The van der Waals surface area contributed by atoms with E-state index in [1.165, 1.54) is 6.20 Å². The molecule has 7 nitrogen and oxygen atoms in total. The molecule has 0 aromatic carbocycles. The molecule has 0 aliphatic rings. The minimum absolute atomic E-state index is 0.0317. The van der Waals surface area contributed by atoms with Gasteiger partial charge in [0.15, 0.2) is 5.69 Å². The van der Waals surface area contributed by atoms with Crippen molar-refractivity contribution in [1.29, 1.82) is 10.5 Å². The van der Waals surface area contributed by atoms with Gasteiger partial charge in [-0.15, -0.1) is 0 Å². The number of nitriles is 2. The molecule has 19 heavy (non-hydrogen) atoms. The lowest BCUT2D eigenvalue weighted by molar-refractivity contribution is 0.0789. The van der Waals surface area contributed by atoms with E-state index in [9.17, 15) is 4.79 Å². The summed E-state index contributed by atoms with van der Waals surface area (Å²) in [7, 11) is 0. The van der Waals surface area contributed by atoms with Crippen LogP contribution in [0.1, 0.15) is 36.1 Å². The van der Waals surface area contributed by atoms with Crippen molar-refractivity contribution < 1.29 is 4.79 Å². The van der Waals surface area contributed by atoms with Crippen molar-refractivity contribution in [2.24, 2.45) is 0 Å². The van der Waals surface area contributed by atoms with E-state index >= 15 is 0 Å². The lowest BCUT2D eigenvalue weighted by Gasteiger charge is -2.16. The summed E-state index contributed by atoms with van der Waals surface area (Å²) in [5.74, 6) is 0.00356. The predicted molar refractivity (Wildman–Crippen MR) is 67.7 cm³/mol. The standard InChI is InChI=1S/C12H14N6O/c1-8(2)11-16-7-9(15)10(17-11)12(19)18(5-3-13)6-4-14/h7-8H,5-6,15H2,1-2H3. The van der Waals surface area contributed by atoms with Crippen LogP contribution >= 0.6 is 0 Å². The van der Waals surface area contributed by atoms with Crippen LogP contribution in [0.3, 0.4) is 0 Å². The molecule has 0 saturated carbocycles. The van der Waals surface area contributed by atoms with Crippen LogP contribution in [0.15, 0.2) is 6.20 Å². The third-order valence-corrected chi connectivity index (χ3v) is 2.37. The van der Waals surface area contributed by atoms with E-state index in [2.05, 4.69) is 9.97 Å². The number of anilines is 1. The Morgan fingerprint density at radius 3 is 2.47 bits per heavy atom. The molecule has 0 spiro atoms. The third-order valence-electron chi connectivity index (χ3n) is 2.37. The summed E-state index contributed by atoms with van der Waals surface area (Å²) < 4.78 is 0. The van der Waals surface area contributed by atoms with Gasteiger partial charge < -0.3 is 10.6 Å². The quantitative estimate of drug-likeness (QED) is 0.792. The molecule has 0 aliphatic carbocycles. The number of hydrogen-bond acceptors (Lipinski definition) is 6. The van der Waals surface area contributed by atoms with Gasteiger partial charge in [-0.1, -0.05) is 13.8 Å². The van der Waals surface area contributed by atoms with E-state index in [1.807, 2.05) is 26.0 Å². The molecule has 1 heterocycles. The van der Waals surface area contributed by atoms with E-state index in [1.54, 1.807) is 0 Å². The van der Waals surface area contributed by atoms with Crippen molar-refractivity contribution >= 4 is 11.6 Å². The zero-order valence-corrected chi connectivity index (χ0v) is 10.8. The van der Waals surface area contributed by atoms with Gasteiger partial charge in [0.2, 0.25) is 0 Å². The summed E-state index contributed by atoms with van der Waals surface area (Å²) in [4.78, 5) is 21.4. The van der Waals surface area contributed by atoms with Crippen molar-refractivity contribution in [3.8, 4) is 12.1 Å². The number of nitrogens with two attached hydrogens (primary N) is 1. The Bertz CT molecular complexity index is 538. The zero-order chi connectivity index (χ0) is 14.4. The normalized spacial score (nSPS) is 9.74. The highest BCUT2D eigenvalue weighted by atomic mass is 16.2. The molecule has 7 heteroatoms. The summed E-state index contributed by atoms with van der Waals surface area (Å²) in [5, 5.41) is 17.3. The van der Waals surface area contributed by atoms with Crippen LogP contribution in [-0.4, -0.2) is 33.9 Å². The number of rotatable bonds is 4. The molecule has 0 aliphatic heterocycles. The highest BCUT2D eigenvalue weighted by Gasteiger charge is 2.20. The Morgan fingerprint density at radius 1 is 1.42 bits per heavy atom. The number of nitrogens with zero attached hydrogens (tertiary/aromatic N) is 5. The van der Waals surface area contributed by atoms with Gasteiger partial charge in [-0.05, 0) is 0 Å². The van der Waals surface area contributed by atoms with Gasteiger partial charge in [-0.25, -0.2) is 9.97 Å². The Kier molecular flexibility index (Phi) is 4.78. The first-order chi connectivity index (χ1) is 9.01. The van der Waals surface area contributed by atoms with Crippen LogP contribution < -0.4 is 5.73 Å². The predicted octanol–water partition coefficient (Wildman–Crippen LogP) is 0.672. The summed E-state index contributed by atoms with van der Waals surface area (Å²) in [6, 6.07) is 3.66. The SMILES string of the molecule is CC(C)c1ncc(N)c(C(=O)N(CC#N)CC#N)n1. The van der Waals surface area contributed by atoms with Gasteiger partial charge in [0.25, 0.3) is 5.91 Å². The minimum Gasteiger partial charge on any atom is -0.396 e. The number of aromatic nitrogens is 2. The first-order valence-electron chi connectivity index (χ1n) is 5.66. The second-order valence-corrected chi connectivity index (χ2v) is 4.16. The highest BCUT2D eigenvalue weighted by Crippen LogP contribution is 2.15. The van der Waals surface area contributed by atoms with E-state index in [-0.39, 0.29) is 30.4 Å². The maximum absolute atomic E-state index is 12.2. The fourth-order valence-corrected chi connectivity index (χ4v) is 1.37. The molecule has 2 N–H and O–H groups in total. The van der Waals surface area contributed by atoms with E-state index in [0.29, 0.717) is 5.82 Å². The Hall–Kier alpha value is -2.67. The molecule has 0 saturated heterocycles. The molecule has 98 valence electrons. The van der Waals surface area contributed by atoms with Gasteiger partial charge in [-0.3, -0.25) is 4.79 Å². The number of carbonyl (C=O) groups excluding carboxylic acids is 1. The molecule has 1 aromatic rings. The number of carbonyl (C=O) groups is 1. The fraction of sp³-hybridized carbons (Fsp3) is 0.417. The van der Waals surface area contributed by atoms with Crippen molar-refractivity contribution in [3.05, 3.63) is 17.7 Å². The second kappa shape index (κ2) is 6.31. The average molecular weight is 258 g/mol. The Balaban J connectivity index is 3.14. The molecule has 0 fully saturated rings. The van der Waals surface area contributed by atoms with Crippen LogP contribution in [0.25, 0.3) is 0 Å². The summed E-state index contributed by atoms with van der Waals surface area (Å²) in [6.07, 6.45) is 1.37. The second-order valence-electron chi connectivity index (χ2n) is 4.16. The zero-order valence-electron chi connectivity index (χ0n) is 10.8. The maximum Gasteiger partial charge on any atom is 0.276 e. The van der Waals surface area contributed by atoms with Crippen LogP contribution in [0.4, 0.5) is 5.69 Å². The molecule has 0 unspecified atom stereocenters. The summed E-state index contributed by atoms with van der Waals surface area (Å²) in [5.41, 5.74) is 5.85. The number of amides is 1. The van der Waals surface area contributed by atoms with E-state index in [0.717, 1.165) is 4.90 Å². The fourth-order valence-electron chi connectivity index (χ4n) is 1.37. The molecule has 0 bridgehead atoms. The Labute approximate surface area is 111 Å². The topological polar surface area (TPSA) is 120 Å². The molecule has 1 aromatic heterocycles. The van der Waals surface area contributed by atoms with E-state index in [4.69, 9.17) is 16.3 Å². The lowest BCUT2D eigenvalue weighted by Crippen LogP contribution is -2.33. The molecule has 1 rings (SSSR count). The van der Waals surface area contributed by atoms with Crippen LogP contribution in [0.5, 0.6) is 0 Å². The lowest BCUT2D eigenvalue weighted by atomic mass is 10.2. The van der Waals surface area contributed by atoms with Gasteiger partial charge in [0, 0.05) is 5.92 Å². The van der Waals surface area contributed by atoms with Gasteiger partial charge >= 0.3 is 0 Å². The molecule has 0 radical (unpaired) electrons. The van der Waals surface area contributed by atoms with Crippen LogP contribution in [0, 0.1) is 22.7 Å². The molecular formula is C12H14N6O. The van der Waals surface area contributed by atoms with Crippen molar-refractivity contribution in [3.63, 3.8) is 0 Å². The summed E-state index contributed by atoms with van der Waals surface area (Å²) in [6.45, 7) is 3.41. The van der Waals surface area contributed by atoms with Gasteiger partial charge in [-0.2, -0.15) is 10.5 Å². The van der Waals surface area contributed by atoms with E-state index < -0.39 is 5.91 Å². The molecule has 1 amide bonds.